The molecule has 1 aromatic rings. The van der Waals surface area contributed by atoms with Crippen LogP contribution in [0.3, 0.4) is 0 Å². The second kappa shape index (κ2) is 4.79. The average Bonchev–Trinajstić information content (AvgIpc) is 3.08. The molecule has 0 saturated heterocycles. The van der Waals surface area contributed by atoms with Crippen LogP contribution in [0, 0.1) is 0 Å². The smallest absolute Gasteiger partial charge is 0.0437 e. The average molecular weight is 233 g/mol. The third-order valence-corrected chi connectivity index (χ3v) is 3.68. The van der Waals surface area contributed by atoms with Crippen molar-refractivity contribution in [3.8, 4) is 0 Å². The van der Waals surface area contributed by atoms with Crippen LogP contribution in [0.15, 0.2) is 24.3 Å². The zero-order valence-corrected chi connectivity index (χ0v) is 10.8. The molecule has 1 unspecified atom stereocenters. The van der Waals surface area contributed by atoms with Crippen LogP contribution in [0.4, 0.5) is 0 Å². The Morgan fingerprint density at radius 1 is 1.41 bits per heavy atom. The van der Waals surface area contributed by atoms with E-state index in [-0.39, 0.29) is 18.1 Å². The fourth-order valence-corrected chi connectivity index (χ4v) is 2.54. The van der Waals surface area contributed by atoms with Crippen molar-refractivity contribution >= 4 is 0 Å². The van der Waals surface area contributed by atoms with Crippen LogP contribution in [0.5, 0.6) is 0 Å². The minimum Gasteiger partial charge on any atom is -0.396 e. The summed E-state index contributed by atoms with van der Waals surface area (Å²) in [6.07, 6.45) is 3.37. The Morgan fingerprint density at radius 2 is 2.12 bits per heavy atom. The number of rotatable bonds is 5. The summed E-state index contributed by atoms with van der Waals surface area (Å²) in [4.78, 5) is 0. The zero-order valence-electron chi connectivity index (χ0n) is 10.8. The molecule has 17 heavy (non-hydrogen) atoms. The normalized spacial score (nSPS) is 18.1. The molecule has 3 N–H and O–H groups in total. The summed E-state index contributed by atoms with van der Waals surface area (Å²) in [6.45, 7) is 4.27. The SMILES string of the molecule is CC(C)(N)C(CCO)c1cccc(C2CC2)c1. The van der Waals surface area contributed by atoms with Gasteiger partial charge in [0.1, 0.15) is 0 Å². The lowest BCUT2D eigenvalue weighted by Crippen LogP contribution is -2.39. The van der Waals surface area contributed by atoms with Crippen LogP contribution >= 0.6 is 0 Å². The molecule has 1 aromatic carbocycles. The Balaban J connectivity index is 2.25. The van der Waals surface area contributed by atoms with E-state index in [0.29, 0.717) is 0 Å². The summed E-state index contributed by atoms with van der Waals surface area (Å²) in [5.41, 5.74) is 8.66. The van der Waals surface area contributed by atoms with Crippen molar-refractivity contribution in [1.29, 1.82) is 0 Å². The van der Waals surface area contributed by atoms with Gasteiger partial charge in [-0.15, -0.1) is 0 Å². The number of hydrogen-bond acceptors (Lipinski definition) is 2. The van der Waals surface area contributed by atoms with Gasteiger partial charge in [0.15, 0.2) is 0 Å². The van der Waals surface area contributed by atoms with Gasteiger partial charge in [0, 0.05) is 18.1 Å². The molecule has 2 nitrogen and oxygen atoms in total. The molecule has 1 fully saturated rings. The van der Waals surface area contributed by atoms with E-state index in [1.54, 1.807) is 0 Å². The van der Waals surface area contributed by atoms with Gasteiger partial charge in [0.25, 0.3) is 0 Å². The van der Waals surface area contributed by atoms with E-state index in [4.69, 9.17) is 5.73 Å². The van der Waals surface area contributed by atoms with Gasteiger partial charge < -0.3 is 10.8 Å². The Kier molecular flexibility index (Phi) is 3.55. The van der Waals surface area contributed by atoms with Crippen LogP contribution in [-0.2, 0) is 0 Å². The third kappa shape index (κ3) is 3.08. The van der Waals surface area contributed by atoms with Crippen molar-refractivity contribution < 1.29 is 5.11 Å². The second-order valence-electron chi connectivity index (χ2n) is 5.83. The van der Waals surface area contributed by atoms with Crippen molar-refractivity contribution in [1.82, 2.24) is 0 Å². The van der Waals surface area contributed by atoms with Gasteiger partial charge in [-0.25, -0.2) is 0 Å². The molecule has 0 amide bonds. The number of nitrogens with two attached hydrogens (primary N) is 1. The largest absolute Gasteiger partial charge is 0.396 e. The first-order chi connectivity index (χ1) is 8.02. The van der Waals surface area contributed by atoms with Gasteiger partial charge in [0.05, 0.1) is 0 Å². The highest BCUT2D eigenvalue weighted by molar-refractivity contribution is 5.32. The summed E-state index contributed by atoms with van der Waals surface area (Å²) in [5, 5.41) is 9.20. The first-order valence-electron chi connectivity index (χ1n) is 6.52. The van der Waals surface area contributed by atoms with E-state index in [1.165, 1.54) is 24.0 Å². The lowest BCUT2D eigenvalue weighted by molar-refractivity contribution is 0.250. The highest BCUT2D eigenvalue weighted by Gasteiger charge is 2.28. The summed E-state index contributed by atoms with van der Waals surface area (Å²) in [6, 6.07) is 8.76. The summed E-state index contributed by atoms with van der Waals surface area (Å²) < 4.78 is 0. The molecule has 1 aliphatic carbocycles. The molecule has 94 valence electrons. The lowest BCUT2D eigenvalue weighted by atomic mass is 9.80. The molecule has 1 aliphatic rings. The van der Waals surface area contributed by atoms with Crippen molar-refractivity contribution in [2.45, 2.75) is 50.5 Å². The predicted molar refractivity (Wildman–Crippen MR) is 71.1 cm³/mol. The monoisotopic (exact) mass is 233 g/mol. The molecule has 0 bridgehead atoms. The molecular formula is C15H23NO. The summed E-state index contributed by atoms with van der Waals surface area (Å²) in [5.74, 6) is 0.997. The fraction of sp³-hybridized carbons (Fsp3) is 0.600. The minimum absolute atomic E-state index is 0.193. The summed E-state index contributed by atoms with van der Waals surface area (Å²) in [7, 11) is 0. The van der Waals surface area contributed by atoms with Gasteiger partial charge >= 0.3 is 0 Å². The second-order valence-corrected chi connectivity index (χ2v) is 5.83. The molecular weight excluding hydrogens is 210 g/mol. The first-order valence-corrected chi connectivity index (χ1v) is 6.52. The quantitative estimate of drug-likeness (QED) is 0.821. The molecule has 1 atom stereocenters. The third-order valence-electron chi connectivity index (χ3n) is 3.68. The predicted octanol–water partition coefficient (Wildman–Crippen LogP) is 2.77. The Labute approximate surface area is 104 Å². The maximum atomic E-state index is 9.20. The number of hydrogen-bond donors (Lipinski definition) is 2. The van der Waals surface area contributed by atoms with Crippen molar-refractivity contribution in [2.24, 2.45) is 5.73 Å². The lowest BCUT2D eigenvalue weighted by Gasteiger charge is -2.31. The Hall–Kier alpha value is -0.860. The Morgan fingerprint density at radius 3 is 2.65 bits per heavy atom. The number of benzene rings is 1. The number of aliphatic hydroxyl groups excluding tert-OH is 1. The van der Waals surface area contributed by atoms with E-state index in [9.17, 15) is 5.11 Å². The van der Waals surface area contributed by atoms with Crippen LogP contribution in [-0.4, -0.2) is 17.3 Å². The van der Waals surface area contributed by atoms with Crippen molar-refractivity contribution in [3.63, 3.8) is 0 Å². The first kappa shape index (κ1) is 12.6. The topological polar surface area (TPSA) is 46.2 Å². The molecule has 0 radical (unpaired) electrons. The van der Waals surface area contributed by atoms with Crippen LogP contribution in [0.1, 0.15) is 56.1 Å². The Bertz CT molecular complexity index is 377. The molecule has 1 saturated carbocycles. The molecule has 0 heterocycles. The van der Waals surface area contributed by atoms with Crippen LogP contribution in [0.2, 0.25) is 0 Å². The van der Waals surface area contributed by atoms with Gasteiger partial charge in [-0.05, 0) is 50.2 Å². The number of aliphatic hydroxyl groups is 1. The zero-order chi connectivity index (χ0) is 12.5. The molecule has 0 aliphatic heterocycles. The van der Waals surface area contributed by atoms with Crippen molar-refractivity contribution in [3.05, 3.63) is 35.4 Å². The highest BCUT2D eigenvalue weighted by atomic mass is 16.3. The van der Waals surface area contributed by atoms with Gasteiger partial charge in [0.2, 0.25) is 0 Å². The van der Waals surface area contributed by atoms with E-state index >= 15 is 0 Å². The maximum Gasteiger partial charge on any atom is 0.0437 e. The highest BCUT2D eigenvalue weighted by Crippen LogP contribution is 2.41. The maximum absolute atomic E-state index is 9.20. The molecule has 2 rings (SSSR count). The summed E-state index contributed by atoms with van der Waals surface area (Å²) >= 11 is 0. The van der Waals surface area contributed by atoms with Crippen molar-refractivity contribution in [2.75, 3.05) is 6.61 Å². The fourth-order valence-electron chi connectivity index (χ4n) is 2.54. The van der Waals surface area contributed by atoms with E-state index < -0.39 is 0 Å². The molecule has 0 aromatic heterocycles. The van der Waals surface area contributed by atoms with E-state index in [2.05, 4.69) is 24.3 Å². The van der Waals surface area contributed by atoms with E-state index in [0.717, 1.165) is 12.3 Å². The van der Waals surface area contributed by atoms with Gasteiger partial charge in [-0.2, -0.15) is 0 Å². The van der Waals surface area contributed by atoms with Gasteiger partial charge in [-0.1, -0.05) is 24.3 Å². The molecule has 0 spiro atoms. The van der Waals surface area contributed by atoms with Crippen LogP contribution in [0.25, 0.3) is 0 Å². The molecule has 2 heteroatoms. The van der Waals surface area contributed by atoms with Crippen LogP contribution < -0.4 is 5.73 Å². The van der Waals surface area contributed by atoms with Gasteiger partial charge in [-0.3, -0.25) is 0 Å². The van der Waals surface area contributed by atoms with E-state index in [1.807, 2.05) is 13.8 Å². The standard InChI is InChI=1S/C15H23NO/c1-15(2,16)14(8-9-17)13-5-3-4-12(10-13)11-6-7-11/h3-5,10-11,14,17H,6-9,16H2,1-2H3. The minimum atomic E-state index is -0.287.